The van der Waals surface area contributed by atoms with Gasteiger partial charge < -0.3 is 20.7 Å². The van der Waals surface area contributed by atoms with Crippen molar-refractivity contribution in [2.45, 2.75) is 18.9 Å². The van der Waals surface area contributed by atoms with Crippen LogP contribution in [0.15, 0.2) is 42.5 Å². The Hall–Kier alpha value is -2.90. The van der Waals surface area contributed by atoms with Gasteiger partial charge in [0.2, 0.25) is 5.91 Å². The molecule has 2 aliphatic rings. The summed E-state index contributed by atoms with van der Waals surface area (Å²) in [6, 6.07) is 13.5. The first-order valence-corrected chi connectivity index (χ1v) is 10.9. The zero-order valence-corrected chi connectivity index (χ0v) is 18.0. The SMILES string of the molecule is CNC(=O)c1ccc2c(c1)CCOC2CCN1CCN(c2ccc(C(N)=O)cc2)CC1. The second kappa shape index (κ2) is 9.49. The molecule has 2 aliphatic heterocycles. The molecule has 31 heavy (non-hydrogen) atoms. The summed E-state index contributed by atoms with van der Waals surface area (Å²) in [4.78, 5) is 28.0. The van der Waals surface area contributed by atoms with E-state index in [1.165, 1.54) is 11.1 Å². The zero-order chi connectivity index (χ0) is 21.8. The minimum absolute atomic E-state index is 0.0482. The average molecular weight is 423 g/mol. The maximum atomic E-state index is 11.9. The molecule has 0 radical (unpaired) electrons. The van der Waals surface area contributed by atoms with E-state index in [-0.39, 0.29) is 12.0 Å². The quantitative estimate of drug-likeness (QED) is 0.743. The molecule has 4 rings (SSSR count). The number of hydrogen-bond donors (Lipinski definition) is 2. The zero-order valence-electron chi connectivity index (χ0n) is 18.0. The lowest BCUT2D eigenvalue weighted by Crippen LogP contribution is -2.47. The van der Waals surface area contributed by atoms with Crippen molar-refractivity contribution in [1.29, 1.82) is 0 Å². The number of ether oxygens (including phenoxy) is 1. The molecule has 0 aromatic heterocycles. The normalized spacial score (nSPS) is 19.0. The Balaban J connectivity index is 1.30. The van der Waals surface area contributed by atoms with Gasteiger partial charge in [0.05, 0.1) is 12.7 Å². The first-order chi connectivity index (χ1) is 15.0. The molecule has 2 aromatic rings. The van der Waals surface area contributed by atoms with E-state index in [1.807, 2.05) is 24.3 Å². The number of carbonyl (C=O) groups excluding carboxylic acids is 2. The summed E-state index contributed by atoms with van der Waals surface area (Å²) in [5.74, 6) is -0.444. The van der Waals surface area contributed by atoms with Crippen LogP contribution in [0.2, 0.25) is 0 Å². The van der Waals surface area contributed by atoms with Crippen LogP contribution >= 0.6 is 0 Å². The molecule has 2 aromatic carbocycles. The van der Waals surface area contributed by atoms with Crippen LogP contribution in [0.25, 0.3) is 0 Å². The second-order valence-electron chi connectivity index (χ2n) is 8.13. The monoisotopic (exact) mass is 422 g/mol. The molecule has 164 valence electrons. The number of nitrogens with one attached hydrogen (secondary N) is 1. The molecule has 0 bridgehead atoms. The third-order valence-electron chi connectivity index (χ3n) is 6.27. The molecule has 2 heterocycles. The predicted molar refractivity (Wildman–Crippen MR) is 120 cm³/mol. The Labute approximate surface area is 183 Å². The molecule has 0 spiro atoms. The van der Waals surface area contributed by atoms with Gasteiger partial charge in [-0.25, -0.2) is 0 Å². The van der Waals surface area contributed by atoms with Gasteiger partial charge in [0.1, 0.15) is 0 Å². The summed E-state index contributed by atoms with van der Waals surface area (Å²) in [5, 5.41) is 2.69. The number of carbonyl (C=O) groups is 2. The number of primary amides is 1. The van der Waals surface area contributed by atoms with Crippen LogP contribution in [-0.2, 0) is 11.2 Å². The Morgan fingerprint density at radius 3 is 2.45 bits per heavy atom. The topological polar surface area (TPSA) is 87.9 Å². The fourth-order valence-electron chi connectivity index (χ4n) is 4.43. The highest BCUT2D eigenvalue weighted by molar-refractivity contribution is 5.94. The fraction of sp³-hybridized carbons (Fsp3) is 0.417. The maximum absolute atomic E-state index is 11.9. The van der Waals surface area contributed by atoms with Crippen LogP contribution < -0.4 is 16.0 Å². The number of fused-ring (bicyclic) bond motifs is 1. The molecule has 3 N–H and O–H groups in total. The van der Waals surface area contributed by atoms with Gasteiger partial charge in [-0.3, -0.25) is 14.5 Å². The van der Waals surface area contributed by atoms with Crippen LogP contribution in [-0.4, -0.2) is 63.1 Å². The first-order valence-electron chi connectivity index (χ1n) is 10.9. The molecular weight excluding hydrogens is 392 g/mol. The van der Waals surface area contributed by atoms with Crippen molar-refractivity contribution in [3.63, 3.8) is 0 Å². The van der Waals surface area contributed by atoms with Gasteiger partial charge in [-0.1, -0.05) is 6.07 Å². The lowest BCUT2D eigenvalue weighted by molar-refractivity contribution is 0.0288. The summed E-state index contributed by atoms with van der Waals surface area (Å²) in [5.41, 5.74) is 10.1. The van der Waals surface area contributed by atoms with E-state index in [9.17, 15) is 9.59 Å². The van der Waals surface area contributed by atoms with E-state index in [2.05, 4.69) is 21.2 Å². The van der Waals surface area contributed by atoms with E-state index >= 15 is 0 Å². The Kier molecular flexibility index (Phi) is 6.53. The van der Waals surface area contributed by atoms with Gasteiger partial charge in [-0.2, -0.15) is 0 Å². The van der Waals surface area contributed by atoms with Gasteiger partial charge in [0.15, 0.2) is 0 Å². The minimum atomic E-state index is -0.396. The Morgan fingerprint density at radius 2 is 1.77 bits per heavy atom. The van der Waals surface area contributed by atoms with E-state index in [0.29, 0.717) is 17.7 Å². The summed E-state index contributed by atoms with van der Waals surface area (Å²) in [7, 11) is 1.66. The van der Waals surface area contributed by atoms with E-state index in [1.54, 1.807) is 19.2 Å². The standard InChI is InChI=1S/C24H30N4O3/c1-26-24(30)19-4-7-21-18(16-19)9-15-31-22(21)8-10-27-11-13-28(14-12-27)20-5-2-17(3-6-20)23(25)29/h2-7,16,22H,8-15H2,1H3,(H2,25,29)(H,26,30). The number of nitrogens with two attached hydrogens (primary N) is 1. The summed E-state index contributed by atoms with van der Waals surface area (Å²) >= 11 is 0. The highest BCUT2D eigenvalue weighted by Crippen LogP contribution is 2.31. The molecule has 7 heteroatoms. The van der Waals surface area contributed by atoms with Crippen LogP contribution in [0.3, 0.4) is 0 Å². The van der Waals surface area contributed by atoms with Crippen molar-refractivity contribution in [1.82, 2.24) is 10.2 Å². The Bertz CT molecular complexity index is 936. The van der Waals surface area contributed by atoms with Crippen molar-refractivity contribution >= 4 is 17.5 Å². The molecule has 1 fully saturated rings. The lowest BCUT2D eigenvalue weighted by atomic mass is 9.93. The minimum Gasteiger partial charge on any atom is -0.373 e. The third-order valence-corrected chi connectivity index (χ3v) is 6.27. The predicted octanol–water partition coefficient (Wildman–Crippen LogP) is 1.97. The number of piperazine rings is 1. The van der Waals surface area contributed by atoms with Crippen molar-refractivity contribution < 1.29 is 14.3 Å². The Morgan fingerprint density at radius 1 is 1.06 bits per heavy atom. The second-order valence-corrected chi connectivity index (χ2v) is 8.13. The molecule has 7 nitrogen and oxygen atoms in total. The molecule has 0 aliphatic carbocycles. The number of hydrogen-bond acceptors (Lipinski definition) is 5. The largest absolute Gasteiger partial charge is 0.373 e. The van der Waals surface area contributed by atoms with E-state index in [4.69, 9.17) is 10.5 Å². The molecule has 1 saturated heterocycles. The lowest BCUT2D eigenvalue weighted by Gasteiger charge is -2.37. The summed E-state index contributed by atoms with van der Waals surface area (Å²) in [6.45, 7) is 5.57. The number of benzene rings is 2. The van der Waals surface area contributed by atoms with Gasteiger partial charge in [0, 0.05) is 56.6 Å². The van der Waals surface area contributed by atoms with Gasteiger partial charge in [-0.05, 0) is 60.4 Å². The van der Waals surface area contributed by atoms with Gasteiger partial charge in [0.25, 0.3) is 5.91 Å². The highest BCUT2D eigenvalue weighted by atomic mass is 16.5. The van der Waals surface area contributed by atoms with E-state index < -0.39 is 5.91 Å². The van der Waals surface area contributed by atoms with Crippen LogP contribution in [0.4, 0.5) is 5.69 Å². The van der Waals surface area contributed by atoms with E-state index in [0.717, 1.165) is 51.3 Å². The fourth-order valence-corrected chi connectivity index (χ4v) is 4.43. The molecule has 2 amide bonds. The number of amides is 2. The van der Waals surface area contributed by atoms with Gasteiger partial charge >= 0.3 is 0 Å². The average Bonchev–Trinajstić information content (AvgIpc) is 2.82. The van der Waals surface area contributed by atoms with Crippen LogP contribution in [0.1, 0.15) is 44.4 Å². The van der Waals surface area contributed by atoms with Crippen molar-refractivity contribution in [2.24, 2.45) is 5.73 Å². The molecule has 1 unspecified atom stereocenters. The van der Waals surface area contributed by atoms with Crippen molar-refractivity contribution in [2.75, 3.05) is 51.3 Å². The molecule has 1 atom stereocenters. The number of nitrogens with zero attached hydrogens (tertiary/aromatic N) is 2. The highest BCUT2D eigenvalue weighted by Gasteiger charge is 2.24. The number of rotatable bonds is 6. The maximum Gasteiger partial charge on any atom is 0.251 e. The van der Waals surface area contributed by atoms with Crippen molar-refractivity contribution in [3.05, 3.63) is 64.7 Å². The summed E-state index contributed by atoms with van der Waals surface area (Å²) in [6.07, 6.45) is 1.88. The molecular formula is C24H30N4O3. The number of anilines is 1. The summed E-state index contributed by atoms with van der Waals surface area (Å²) < 4.78 is 6.07. The van der Waals surface area contributed by atoms with Crippen LogP contribution in [0.5, 0.6) is 0 Å². The van der Waals surface area contributed by atoms with Crippen molar-refractivity contribution in [3.8, 4) is 0 Å². The third kappa shape index (κ3) is 4.89. The van der Waals surface area contributed by atoms with Gasteiger partial charge in [-0.15, -0.1) is 0 Å². The molecule has 0 saturated carbocycles. The smallest absolute Gasteiger partial charge is 0.251 e. The van der Waals surface area contributed by atoms with Crippen LogP contribution in [0, 0.1) is 0 Å². The first kappa shape index (κ1) is 21.3.